The molecule has 126 valence electrons. The number of rotatable bonds is 5. The molecule has 2 aliphatic rings. The largest absolute Gasteiger partial charge is 0.393 e. The number of anilines is 2. The Hall–Kier alpha value is -1.89. The van der Waals surface area contributed by atoms with E-state index in [2.05, 4.69) is 27.5 Å². The zero-order chi connectivity index (χ0) is 16.4. The van der Waals surface area contributed by atoms with Crippen molar-refractivity contribution in [3.8, 4) is 0 Å². The summed E-state index contributed by atoms with van der Waals surface area (Å²) >= 11 is 0. The summed E-state index contributed by atoms with van der Waals surface area (Å²) in [5, 5.41) is 16.2. The first-order chi connectivity index (χ1) is 11.0. The lowest BCUT2D eigenvalue weighted by Gasteiger charge is -2.35. The summed E-state index contributed by atoms with van der Waals surface area (Å²) in [5.41, 5.74) is 5.75. The highest BCUT2D eigenvalue weighted by Gasteiger charge is 2.28. The van der Waals surface area contributed by atoms with E-state index in [-0.39, 0.29) is 12.1 Å². The van der Waals surface area contributed by atoms with Crippen LogP contribution < -0.4 is 16.4 Å². The van der Waals surface area contributed by atoms with E-state index in [9.17, 15) is 9.90 Å². The van der Waals surface area contributed by atoms with Gasteiger partial charge in [0.1, 0.15) is 5.82 Å². The molecule has 0 aromatic carbocycles. The van der Waals surface area contributed by atoms with Crippen LogP contribution in [0.2, 0.25) is 0 Å². The van der Waals surface area contributed by atoms with Crippen molar-refractivity contribution in [2.24, 2.45) is 11.7 Å². The highest BCUT2D eigenvalue weighted by atomic mass is 16.3. The van der Waals surface area contributed by atoms with Gasteiger partial charge in [-0.25, -0.2) is 4.98 Å². The number of aliphatic hydroxyl groups is 1. The van der Waals surface area contributed by atoms with Crippen molar-refractivity contribution < 1.29 is 9.90 Å². The van der Waals surface area contributed by atoms with Crippen LogP contribution in [0.1, 0.15) is 55.8 Å². The number of nitrogens with one attached hydrogen (secondary N) is 2. The summed E-state index contributed by atoms with van der Waals surface area (Å²) in [7, 11) is 0. The first-order valence-electron chi connectivity index (χ1n) is 8.41. The number of aliphatic hydroxyl groups excluding tert-OH is 1. The van der Waals surface area contributed by atoms with Crippen LogP contribution in [0.15, 0.2) is 6.20 Å². The van der Waals surface area contributed by atoms with Gasteiger partial charge in [0, 0.05) is 18.3 Å². The molecule has 7 nitrogen and oxygen atoms in total. The minimum atomic E-state index is -0.521. The maximum absolute atomic E-state index is 11.6. The number of carbonyl (C=O) groups excluding carboxylic acids is 1. The molecule has 0 unspecified atom stereocenters. The van der Waals surface area contributed by atoms with Gasteiger partial charge >= 0.3 is 0 Å². The molecule has 1 aromatic rings. The number of hydrogen-bond donors (Lipinski definition) is 4. The summed E-state index contributed by atoms with van der Waals surface area (Å²) in [4.78, 5) is 20.3. The second kappa shape index (κ2) is 6.70. The number of hydrogen-bond acceptors (Lipinski definition) is 6. The van der Waals surface area contributed by atoms with Crippen LogP contribution in [0.4, 0.5) is 11.8 Å². The maximum atomic E-state index is 11.6. The molecule has 0 spiro atoms. The molecule has 0 bridgehead atoms. The van der Waals surface area contributed by atoms with Gasteiger partial charge in [-0.3, -0.25) is 4.79 Å². The molecule has 2 fully saturated rings. The van der Waals surface area contributed by atoms with Crippen molar-refractivity contribution in [2.45, 2.75) is 63.6 Å². The zero-order valence-electron chi connectivity index (χ0n) is 13.5. The fraction of sp³-hybridized carbons (Fsp3) is 0.688. The highest BCUT2D eigenvalue weighted by molar-refractivity contribution is 5.97. The van der Waals surface area contributed by atoms with E-state index in [1.54, 1.807) is 0 Å². The smallest absolute Gasteiger partial charge is 0.254 e. The molecule has 5 N–H and O–H groups in total. The summed E-state index contributed by atoms with van der Waals surface area (Å²) in [6.07, 6.45) is 6.93. The van der Waals surface area contributed by atoms with Gasteiger partial charge in [-0.15, -0.1) is 0 Å². The molecule has 3 rings (SSSR count). The lowest BCUT2D eigenvalue weighted by Crippen LogP contribution is -2.37. The number of aromatic nitrogens is 2. The minimum absolute atomic E-state index is 0.191. The van der Waals surface area contributed by atoms with Crippen molar-refractivity contribution in [3.63, 3.8) is 0 Å². The Morgan fingerprint density at radius 3 is 2.52 bits per heavy atom. The normalized spacial score (nSPS) is 30.3. The first-order valence-corrected chi connectivity index (χ1v) is 8.41. The molecule has 1 amide bonds. The molecule has 23 heavy (non-hydrogen) atoms. The van der Waals surface area contributed by atoms with E-state index in [0.717, 1.165) is 32.1 Å². The van der Waals surface area contributed by atoms with Crippen LogP contribution in [0, 0.1) is 5.92 Å². The number of nitrogens with zero attached hydrogens (tertiary/aromatic N) is 2. The van der Waals surface area contributed by atoms with Crippen LogP contribution >= 0.6 is 0 Å². The van der Waals surface area contributed by atoms with Gasteiger partial charge in [-0.1, -0.05) is 6.92 Å². The second-order valence-corrected chi connectivity index (χ2v) is 6.78. The van der Waals surface area contributed by atoms with Crippen molar-refractivity contribution in [2.75, 3.05) is 10.6 Å². The molecule has 0 saturated heterocycles. The summed E-state index contributed by atoms with van der Waals surface area (Å²) in [6.45, 7) is 2.18. The molecular formula is C16H25N5O2. The summed E-state index contributed by atoms with van der Waals surface area (Å²) < 4.78 is 0. The number of amides is 1. The molecule has 2 atom stereocenters. The van der Waals surface area contributed by atoms with Gasteiger partial charge in [0.2, 0.25) is 5.95 Å². The van der Waals surface area contributed by atoms with Gasteiger partial charge in [0.05, 0.1) is 11.7 Å². The fourth-order valence-electron chi connectivity index (χ4n) is 3.20. The molecule has 7 heteroatoms. The lowest BCUT2D eigenvalue weighted by atomic mass is 9.81. The Bertz CT molecular complexity index is 572. The summed E-state index contributed by atoms with van der Waals surface area (Å²) in [5.74, 6) is 1.07. The van der Waals surface area contributed by atoms with Crippen LogP contribution in [0.5, 0.6) is 0 Å². The van der Waals surface area contributed by atoms with E-state index < -0.39 is 5.91 Å². The Kier molecular flexibility index (Phi) is 4.66. The Labute approximate surface area is 136 Å². The predicted molar refractivity (Wildman–Crippen MR) is 88.2 cm³/mol. The maximum Gasteiger partial charge on any atom is 0.254 e. The number of carbonyl (C=O) groups is 1. The third-order valence-corrected chi connectivity index (χ3v) is 5.03. The van der Waals surface area contributed by atoms with Crippen molar-refractivity contribution in [3.05, 3.63) is 11.8 Å². The van der Waals surface area contributed by atoms with Crippen LogP contribution in [-0.4, -0.2) is 39.2 Å². The molecule has 1 heterocycles. The zero-order valence-corrected chi connectivity index (χ0v) is 13.5. The number of primary amides is 1. The van der Waals surface area contributed by atoms with E-state index in [4.69, 9.17) is 5.73 Å². The molecular weight excluding hydrogens is 294 g/mol. The van der Waals surface area contributed by atoms with E-state index in [1.165, 1.54) is 12.6 Å². The molecule has 2 aliphatic carbocycles. The van der Waals surface area contributed by atoms with Crippen molar-refractivity contribution >= 4 is 17.7 Å². The predicted octanol–water partition coefficient (Wildman–Crippen LogP) is 1.50. The average Bonchev–Trinajstić information content (AvgIpc) is 2.53. The minimum Gasteiger partial charge on any atom is -0.393 e. The highest BCUT2D eigenvalue weighted by Crippen LogP contribution is 2.30. The lowest BCUT2D eigenvalue weighted by molar-refractivity contribution is 0.1000. The average molecular weight is 319 g/mol. The summed E-state index contributed by atoms with van der Waals surface area (Å²) in [6, 6.07) is 0.592. The Balaban J connectivity index is 1.72. The van der Waals surface area contributed by atoms with Gasteiger partial charge in [0.25, 0.3) is 5.91 Å². The standard InChI is InChI=1S/C16H25N5O2/c1-9-2-7-13(9)20-15-12(14(17)23)8-18-16(21-15)19-10-3-5-11(22)6-4-10/h8-11,13,22H,2-7H2,1H3,(H2,17,23)(H2,18,19,20,21)/t9-,10?,11?,13-/m1/s1. The topological polar surface area (TPSA) is 113 Å². The molecule has 1 aromatic heterocycles. The molecule has 0 radical (unpaired) electrons. The van der Waals surface area contributed by atoms with Crippen molar-refractivity contribution in [1.29, 1.82) is 0 Å². The Morgan fingerprint density at radius 2 is 1.96 bits per heavy atom. The number of nitrogens with two attached hydrogens (primary N) is 1. The Morgan fingerprint density at radius 1 is 1.22 bits per heavy atom. The van der Waals surface area contributed by atoms with Crippen molar-refractivity contribution in [1.82, 2.24) is 9.97 Å². The quantitative estimate of drug-likeness (QED) is 0.654. The molecule has 0 aliphatic heterocycles. The van der Waals surface area contributed by atoms with E-state index in [0.29, 0.717) is 29.3 Å². The van der Waals surface area contributed by atoms with Crippen LogP contribution in [0.25, 0.3) is 0 Å². The van der Waals surface area contributed by atoms with Crippen LogP contribution in [-0.2, 0) is 0 Å². The van der Waals surface area contributed by atoms with E-state index in [1.807, 2.05) is 0 Å². The van der Waals surface area contributed by atoms with Gasteiger partial charge in [-0.05, 0) is 44.4 Å². The van der Waals surface area contributed by atoms with Gasteiger partial charge in [0.15, 0.2) is 0 Å². The second-order valence-electron chi connectivity index (χ2n) is 6.78. The van der Waals surface area contributed by atoms with E-state index >= 15 is 0 Å². The first kappa shape index (κ1) is 16.0. The molecule has 2 saturated carbocycles. The van der Waals surface area contributed by atoms with Gasteiger partial charge < -0.3 is 21.5 Å². The SMILES string of the molecule is C[C@@H]1CC[C@H]1Nc1nc(NC2CCC(O)CC2)ncc1C(N)=O. The third kappa shape index (κ3) is 3.72. The monoisotopic (exact) mass is 319 g/mol. The van der Waals surface area contributed by atoms with Crippen LogP contribution in [0.3, 0.4) is 0 Å². The third-order valence-electron chi connectivity index (χ3n) is 5.03. The fourth-order valence-corrected chi connectivity index (χ4v) is 3.20. The van der Waals surface area contributed by atoms with Gasteiger partial charge in [-0.2, -0.15) is 4.98 Å².